The van der Waals surface area contributed by atoms with E-state index in [1.165, 1.54) is 12.1 Å². The molecule has 23 heavy (non-hydrogen) atoms. The molecule has 0 radical (unpaired) electrons. The monoisotopic (exact) mass is 372 g/mol. The van der Waals surface area contributed by atoms with Crippen molar-refractivity contribution in [1.82, 2.24) is 9.97 Å². The van der Waals surface area contributed by atoms with Crippen LogP contribution in [-0.2, 0) is 0 Å². The molecule has 0 aliphatic rings. The topological polar surface area (TPSA) is 49.8 Å². The van der Waals surface area contributed by atoms with Crippen molar-refractivity contribution in [3.8, 4) is 11.3 Å². The lowest BCUT2D eigenvalue weighted by atomic mass is 10.1. The number of hydrogen-bond donors (Lipinski definition) is 2. The molecule has 0 saturated heterocycles. The average Bonchev–Trinajstić information content (AvgIpc) is 2.58. The highest BCUT2D eigenvalue weighted by Gasteiger charge is 2.08. The molecular weight excluding hydrogens is 359 g/mol. The van der Waals surface area contributed by atoms with Gasteiger partial charge in [0.2, 0.25) is 5.95 Å². The lowest BCUT2D eigenvalue weighted by Crippen LogP contribution is -2.02. The minimum atomic E-state index is -0.300. The van der Waals surface area contributed by atoms with E-state index >= 15 is 0 Å². The largest absolute Gasteiger partial charge is 0.357 e. The van der Waals surface area contributed by atoms with Gasteiger partial charge in [-0.3, -0.25) is 0 Å². The molecule has 1 aromatic heterocycles. The van der Waals surface area contributed by atoms with Crippen LogP contribution in [0.4, 0.5) is 21.8 Å². The Kier molecular flexibility index (Phi) is 4.52. The van der Waals surface area contributed by atoms with E-state index in [0.29, 0.717) is 16.2 Å². The second-order valence-electron chi connectivity index (χ2n) is 4.83. The summed E-state index contributed by atoms with van der Waals surface area (Å²) in [5.41, 5.74) is 2.52. The van der Waals surface area contributed by atoms with E-state index in [2.05, 4.69) is 36.5 Å². The van der Waals surface area contributed by atoms with Crippen LogP contribution >= 0.6 is 15.9 Å². The standard InChI is InChI=1S/C17H14BrFN4/c1-20-17-22-15(11-5-3-2-4-6-11)10-16(23-17)21-14-8-7-12(19)9-13(14)18/h2-10H,1H3,(H2,20,21,22,23). The molecular formula is C17H14BrFN4. The van der Waals surface area contributed by atoms with Crippen LogP contribution < -0.4 is 10.6 Å². The van der Waals surface area contributed by atoms with E-state index in [0.717, 1.165) is 16.9 Å². The average molecular weight is 373 g/mol. The molecule has 0 saturated carbocycles. The van der Waals surface area contributed by atoms with Crippen LogP contribution in [-0.4, -0.2) is 17.0 Å². The summed E-state index contributed by atoms with van der Waals surface area (Å²) in [6, 6.07) is 16.2. The van der Waals surface area contributed by atoms with Gasteiger partial charge in [0.15, 0.2) is 0 Å². The fraction of sp³-hybridized carbons (Fsp3) is 0.0588. The molecule has 6 heteroatoms. The van der Waals surface area contributed by atoms with E-state index in [1.54, 1.807) is 13.1 Å². The Morgan fingerprint density at radius 3 is 2.48 bits per heavy atom. The van der Waals surface area contributed by atoms with Crippen molar-refractivity contribution in [2.45, 2.75) is 0 Å². The minimum Gasteiger partial charge on any atom is -0.357 e. The summed E-state index contributed by atoms with van der Waals surface area (Å²) < 4.78 is 13.8. The first-order valence-electron chi connectivity index (χ1n) is 7.00. The second-order valence-corrected chi connectivity index (χ2v) is 5.68. The van der Waals surface area contributed by atoms with Gasteiger partial charge in [0.05, 0.1) is 11.4 Å². The number of nitrogens with one attached hydrogen (secondary N) is 2. The normalized spacial score (nSPS) is 10.4. The summed E-state index contributed by atoms with van der Waals surface area (Å²) in [6.07, 6.45) is 0. The van der Waals surface area contributed by atoms with Gasteiger partial charge in [-0.2, -0.15) is 4.98 Å². The highest BCUT2D eigenvalue weighted by molar-refractivity contribution is 9.10. The Bertz CT molecular complexity index is 824. The Morgan fingerprint density at radius 2 is 1.78 bits per heavy atom. The molecule has 0 bridgehead atoms. The van der Waals surface area contributed by atoms with E-state index in [4.69, 9.17) is 0 Å². The van der Waals surface area contributed by atoms with Gasteiger partial charge in [-0.1, -0.05) is 30.3 Å². The smallest absolute Gasteiger partial charge is 0.224 e. The molecule has 0 aliphatic heterocycles. The number of anilines is 3. The molecule has 4 nitrogen and oxygen atoms in total. The van der Waals surface area contributed by atoms with Crippen LogP contribution in [0, 0.1) is 5.82 Å². The first-order chi connectivity index (χ1) is 11.2. The molecule has 3 rings (SSSR count). The van der Waals surface area contributed by atoms with Crippen molar-refractivity contribution >= 4 is 33.4 Å². The van der Waals surface area contributed by atoms with Gasteiger partial charge < -0.3 is 10.6 Å². The molecule has 2 N–H and O–H groups in total. The van der Waals surface area contributed by atoms with Crippen LogP contribution in [0.2, 0.25) is 0 Å². The van der Waals surface area contributed by atoms with Crippen LogP contribution in [0.1, 0.15) is 0 Å². The third-order valence-electron chi connectivity index (χ3n) is 3.21. The zero-order chi connectivity index (χ0) is 16.2. The van der Waals surface area contributed by atoms with Crippen molar-refractivity contribution in [2.24, 2.45) is 0 Å². The Morgan fingerprint density at radius 1 is 1.00 bits per heavy atom. The molecule has 1 heterocycles. The molecule has 0 fully saturated rings. The van der Waals surface area contributed by atoms with Crippen molar-refractivity contribution in [3.63, 3.8) is 0 Å². The minimum absolute atomic E-state index is 0.300. The quantitative estimate of drug-likeness (QED) is 0.688. The zero-order valence-electron chi connectivity index (χ0n) is 12.3. The van der Waals surface area contributed by atoms with Gasteiger partial charge in [0.1, 0.15) is 11.6 Å². The SMILES string of the molecule is CNc1nc(Nc2ccc(F)cc2Br)cc(-c2ccccc2)n1. The Labute approximate surface area is 141 Å². The molecule has 0 unspecified atom stereocenters. The maximum Gasteiger partial charge on any atom is 0.224 e. The van der Waals surface area contributed by atoms with Gasteiger partial charge in [-0.25, -0.2) is 9.37 Å². The third-order valence-corrected chi connectivity index (χ3v) is 3.87. The lowest BCUT2D eigenvalue weighted by Gasteiger charge is -2.11. The Hall–Kier alpha value is -2.47. The Balaban J connectivity index is 1.99. The number of halogens is 2. The van der Waals surface area contributed by atoms with Gasteiger partial charge >= 0.3 is 0 Å². The first-order valence-corrected chi connectivity index (χ1v) is 7.79. The molecule has 0 amide bonds. The first kappa shape index (κ1) is 15.4. The molecule has 0 atom stereocenters. The number of nitrogens with zero attached hydrogens (tertiary/aromatic N) is 2. The summed E-state index contributed by atoms with van der Waals surface area (Å²) in [4.78, 5) is 8.85. The van der Waals surface area contributed by atoms with E-state index < -0.39 is 0 Å². The molecule has 0 spiro atoms. The summed E-state index contributed by atoms with van der Waals surface area (Å²) >= 11 is 3.34. The summed E-state index contributed by atoms with van der Waals surface area (Å²) in [7, 11) is 1.77. The number of benzene rings is 2. The van der Waals surface area contributed by atoms with Crippen molar-refractivity contribution in [2.75, 3.05) is 17.7 Å². The van der Waals surface area contributed by atoms with Crippen molar-refractivity contribution < 1.29 is 4.39 Å². The third kappa shape index (κ3) is 3.65. The van der Waals surface area contributed by atoms with E-state index in [9.17, 15) is 4.39 Å². The number of aromatic nitrogens is 2. The summed E-state index contributed by atoms with van der Waals surface area (Å²) in [6.45, 7) is 0. The molecule has 116 valence electrons. The second kappa shape index (κ2) is 6.75. The van der Waals surface area contributed by atoms with E-state index in [1.807, 2.05) is 36.4 Å². The highest BCUT2D eigenvalue weighted by Crippen LogP contribution is 2.28. The lowest BCUT2D eigenvalue weighted by molar-refractivity contribution is 0.627. The maximum atomic E-state index is 13.2. The molecule has 2 aromatic carbocycles. The van der Waals surface area contributed by atoms with Gasteiger partial charge in [0, 0.05) is 23.2 Å². The number of hydrogen-bond acceptors (Lipinski definition) is 4. The van der Waals surface area contributed by atoms with Crippen LogP contribution in [0.25, 0.3) is 11.3 Å². The summed E-state index contributed by atoms with van der Waals surface area (Å²) in [5, 5.41) is 6.13. The predicted molar refractivity (Wildman–Crippen MR) is 94.4 cm³/mol. The fourth-order valence-corrected chi connectivity index (χ4v) is 2.56. The van der Waals surface area contributed by atoms with Crippen molar-refractivity contribution in [3.05, 3.63) is 64.9 Å². The predicted octanol–water partition coefficient (Wildman–Crippen LogP) is 4.83. The van der Waals surface area contributed by atoms with Crippen LogP contribution in [0.15, 0.2) is 59.1 Å². The van der Waals surface area contributed by atoms with Gasteiger partial charge in [-0.05, 0) is 34.1 Å². The van der Waals surface area contributed by atoms with Gasteiger partial charge in [0.25, 0.3) is 0 Å². The van der Waals surface area contributed by atoms with Crippen LogP contribution in [0.3, 0.4) is 0 Å². The van der Waals surface area contributed by atoms with Crippen LogP contribution in [0.5, 0.6) is 0 Å². The van der Waals surface area contributed by atoms with E-state index in [-0.39, 0.29) is 5.82 Å². The zero-order valence-corrected chi connectivity index (χ0v) is 13.9. The maximum absolute atomic E-state index is 13.2. The molecule has 3 aromatic rings. The fourth-order valence-electron chi connectivity index (χ4n) is 2.11. The highest BCUT2D eigenvalue weighted by atomic mass is 79.9. The van der Waals surface area contributed by atoms with Crippen molar-refractivity contribution in [1.29, 1.82) is 0 Å². The molecule has 0 aliphatic carbocycles. The summed E-state index contributed by atoms with van der Waals surface area (Å²) in [5.74, 6) is 0.827. The van der Waals surface area contributed by atoms with Gasteiger partial charge in [-0.15, -0.1) is 0 Å². The number of rotatable bonds is 4.